The molecule has 118 valence electrons. The number of rotatable bonds is 2. The summed E-state index contributed by atoms with van der Waals surface area (Å²) >= 11 is 4.27. The van der Waals surface area contributed by atoms with E-state index < -0.39 is 11.7 Å². The lowest BCUT2D eigenvalue weighted by atomic mass is 10.2. The number of fused-ring (bicyclic) bond motifs is 1. The van der Waals surface area contributed by atoms with Gasteiger partial charge in [0.1, 0.15) is 5.82 Å². The van der Waals surface area contributed by atoms with Gasteiger partial charge in [0.2, 0.25) is 0 Å². The van der Waals surface area contributed by atoms with E-state index in [0.717, 1.165) is 36.1 Å². The predicted molar refractivity (Wildman–Crippen MR) is 83.5 cm³/mol. The molecule has 1 saturated carbocycles. The van der Waals surface area contributed by atoms with Crippen LogP contribution in [0.15, 0.2) is 41.6 Å². The third kappa shape index (κ3) is 2.59. The highest BCUT2D eigenvalue weighted by Crippen LogP contribution is 2.42. The molecular weight excluding hydrogens is 323 g/mol. The molecule has 0 bridgehead atoms. The van der Waals surface area contributed by atoms with Gasteiger partial charge in [0.15, 0.2) is 0 Å². The van der Waals surface area contributed by atoms with Crippen LogP contribution in [0.5, 0.6) is 0 Å². The van der Waals surface area contributed by atoms with Gasteiger partial charge in [-0.05, 0) is 37.1 Å². The van der Waals surface area contributed by atoms with E-state index >= 15 is 0 Å². The Morgan fingerprint density at radius 2 is 1.91 bits per heavy atom. The fraction of sp³-hybridized carbons (Fsp3) is 0.250. The van der Waals surface area contributed by atoms with Gasteiger partial charge in [-0.1, -0.05) is 0 Å². The fourth-order valence-electron chi connectivity index (χ4n) is 2.73. The van der Waals surface area contributed by atoms with Crippen molar-refractivity contribution in [1.29, 1.82) is 0 Å². The summed E-state index contributed by atoms with van der Waals surface area (Å²) in [7, 11) is 0. The molecule has 0 spiro atoms. The number of halogens is 3. The van der Waals surface area contributed by atoms with Crippen molar-refractivity contribution in [3.05, 3.63) is 42.2 Å². The lowest BCUT2D eigenvalue weighted by molar-refractivity contribution is -0.137. The Hall–Kier alpha value is -2.02. The topological polar surface area (TPSA) is 30.7 Å². The van der Waals surface area contributed by atoms with Crippen molar-refractivity contribution in [1.82, 2.24) is 14.5 Å². The van der Waals surface area contributed by atoms with Gasteiger partial charge in [-0.25, -0.2) is 4.98 Å². The quantitative estimate of drug-likeness (QED) is 0.686. The molecule has 3 aromatic rings. The Balaban J connectivity index is 1.95. The van der Waals surface area contributed by atoms with Crippen LogP contribution in [0.4, 0.5) is 13.2 Å². The van der Waals surface area contributed by atoms with Crippen LogP contribution in [0.2, 0.25) is 0 Å². The summed E-state index contributed by atoms with van der Waals surface area (Å²) in [4.78, 5) is 9.24. The number of alkyl halides is 3. The third-order valence-corrected chi connectivity index (χ3v) is 4.16. The lowest BCUT2D eigenvalue weighted by Crippen LogP contribution is -2.04. The predicted octanol–water partition coefficient (Wildman–Crippen LogP) is 4.74. The van der Waals surface area contributed by atoms with Gasteiger partial charge in [-0.3, -0.25) is 4.98 Å². The van der Waals surface area contributed by atoms with E-state index in [-0.39, 0.29) is 6.04 Å². The van der Waals surface area contributed by atoms with Gasteiger partial charge in [0.05, 0.1) is 16.6 Å². The summed E-state index contributed by atoms with van der Waals surface area (Å²) in [6, 6.07) is 5.83. The number of imidazole rings is 1. The largest absolute Gasteiger partial charge is 0.416 e. The van der Waals surface area contributed by atoms with Crippen LogP contribution in [0.3, 0.4) is 0 Å². The van der Waals surface area contributed by atoms with E-state index in [1.807, 2.05) is 10.6 Å². The molecule has 2 heterocycles. The molecular formula is C16H12F3N3S. The van der Waals surface area contributed by atoms with Crippen molar-refractivity contribution in [2.75, 3.05) is 0 Å². The van der Waals surface area contributed by atoms with E-state index in [4.69, 9.17) is 0 Å². The van der Waals surface area contributed by atoms with Crippen molar-refractivity contribution in [3.63, 3.8) is 0 Å². The maximum atomic E-state index is 12.9. The molecule has 3 nitrogen and oxygen atoms in total. The van der Waals surface area contributed by atoms with Crippen LogP contribution in [0, 0.1) is 0 Å². The monoisotopic (exact) mass is 335 g/mol. The summed E-state index contributed by atoms with van der Waals surface area (Å²) in [6.07, 6.45) is 0.911. The molecule has 0 saturated heterocycles. The number of pyridine rings is 1. The summed E-state index contributed by atoms with van der Waals surface area (Å²) in [6.45, 7) is 0. The van der Waals surface area contributed by atoms with Gasteiger partial charge in [-0.2, -0.15) is 13.2 Å². The molecule has 0 atom stereocenters. The fourth-order valence-corrected chi connectivity index (χ4v) is 2.94. The highest BCUT2D eigenvalue weighted by molar-refractivity contribution is 7.80. The minimum atomic E-state index is -4.37. The first-order valence-electron chi connectivity index (χ1n) is 7.17. The first-order chi connectivity index (χ1) is 10.9. The Morgan fingerprint density at radius 3 is 2.57 bits per heavy atom. The maximum absolute atomic E-state index is 12.9. The molecule has 2 aromatic heterocycles. The van der Waals surface area contributed by atoms with Gasteiger partial charge in [-0.15, -0.1) is 12.6 Å². The van der Waals surface area contributed by atoms with Crippen molar-refractivity contribution in [2.24, 2.45) is 0 Å². The van der Waals surface area contributed by atoms with Crippen LogP contribution in [-0.2, 0) is 6.18 Å². The Bertz CT molecular complexity index is 897. The molecule has 0 radical (unpaired) electrons. The SMILES string of the molecule is FC(F)(F)c1ccc2c(c1)nc(-c1cncc(S)c1)n2C1CC1. The zero-order valence-electron chi connectivity index (χ0n) is 11.9. The van der Waals surface area contributed by atoms with Crippen LogP contribution in [0.25, 0.3) is 22.4 Å². The number of benzene rings is 1. The van der Waals surface area contributed by atoms with E-state index in [1.165, 1.54) is 6.07 Å². The molecule has 7 heteroatoms. The van der Waals surface area contributed by atoms with E-state index in [9.17, 15) is 13.2 Å². The average molecular weight is 335 g/mol. The van der Waals surface area contributed by atoms with Crippen LogP contribution in [-0.4, -0.2) is 14.5 Å². The van der Waals surface area contributed by atoms with Crippen molar-refractivity contribution < 1.29 is 13.2 Å². The molecule has 1 aromatic carbocycles. The molecule has 4 rings (SSSR count). The second kappa shape index (κ2) is 4.99. The van der Waals surface area contributed by atoms with Gasteiger partial charge >= 0.3 is 6.18 Å². The minimum absolute atomic E-state index is 0.287. The molecule has 0 unspecified atom stereocenters. The number of thiol groups is 1. The molecule has 0 aliphatic heterocycles. The smallest absolute Gasteiger partial charge is 0.321 e. The molecule has 1 aliphatic carbocycles. The zero-order chi connectivity index (χ0) is 16.2. The molecule has 23 heavy (non-hydrogen) atoms. The summed E-state index contributed by atoms with van der Waals surface area (Å²) < 4.78 is 40.8. The van der Waals surface area contributed by atoms with Crippen molar-refractivity contribution in [3.8, 4) is 11.4 Å². The standard InChI is InChI=1S/C16H12F3N3S/c17-16(18,19)10-1-4-14-13(6-10)21-15(22(14)11-2-3-11)9-5-12(23)8-20-7-9/h1,4-8,11,23H,2-3H2. The number of hydrogen-bond donors (Lipinski definition) is 1. The number of hydrogen-bond acceptors (Lipinski definition) is 3. The molecule has 1 fully saturated rings. The van der Waals surface area contributed by atoms with Crippen LogP contribution >= 0.6 is 12.6 Å². The first kappa shape index (κ1) is 14.6. The molecule has 1 aliphatic rings. The van der Waals surface area contributed by atoms with Gasteiger partial charge < -0.3 is 4.57 Å². The summed E-state index contributed by atoms with van der Waals surface area (Å²) in [5.41, 5.74) is 1.15. The van der Waals surface area contributed by atoms with E-state index in [1.54, 1.807) is 12.4 Å². The molecule has 0 amide bonds. The minimum Gasteiger partial charge on any atom is -0.321 e. The van der Waals surface area contributed by atoms with Crippen molar-refractivity contribution in [2.45, 2.75) is 30.0 Å². The van der Waals surface area contributed by atoms with Gasteiger partial charge in [0, 0.05) is 28.9 Å². The van der Waals surface area contributed by atoms with E-state index in [2.05, 4.69) is 22.6 Å². The lowest BCUT2D eigenvalue weighted by Gasteiger charge is -2.09. The Labute approximate surface area is 135 Å². The highest BCUT2D eigenvalue weighted by Gasteiger charge is 2.33. The number of nitrogens with zero attached hydrogens (tertiary/aromatic N) is 3. The van der Waals surface area contributed by atoms with E-state index in [0.29, 0.717) is 16.2 Å². The average Bonchev–Trinajstić information content (AvgIpc) is 3.25. The maximum Gasteiger partial charge on any atom is 0.416 e. The third-order valence-electron chi connectivity index (χ3n) is 3.91. The zero-order valence-corrected chi connectivity index (χ0v) is 12.8. The second-order valence-electron chi connectivity index (χ2n) is 5.67. The van der Waals surface area contributed by atoms with Crippen LogP contribution in [0.1, 0.15) is 24.4 Å². The first-order valence-corrected chi connectivity index (χ1v) is 7.62. The Kier molecular flexibility index (Phi) is 3.16. The second-order valence-corrected chi connectivity index (χ2v) is 6.19. The molecule has 0 N–H and O–H groups in total. The summed E-state index contributed by atoms with van der Waals surface area (Å²) in [5.74, 6) is 0.644. The van der Waals surface area contributed by atoms with Crippen molar-refractivity contribution >= 4 is 23.7 Å². The van der Waals surface area contributed by atoms with Gasteiger partial charge in [0.25, 0.3) is 0 Å². The van der Waals surface area contributed by atoms with Crippen LogP contribution < -0.4 is 0 Å². The summed E-state index contributed by atoms with van der Waals surface area (Å²) in [5, 5.41) is 0. The normalized spacial score (nSPS) is 15.3. The number of aromatic nitrogens is 3. The highest BCUT2D eigenvalue weighted by atomic mass is 32.1. The Morgan fingerprint density at radius 1 is 1.13 bits per heavy atom.